The number of benzene rings is 10. The summed E-state index contributed by atoms with van der Waals surface area (Å²) in [5.41, 5.74) is 17.9. The fourth-order valence-electron chi connectivity index (χ4n) is 15.2. The molecule has 0 bridgehead atoms. The number of aryl methyl sites for hydroxylation is 1. The van der Waals surface area contributed by atoms with Crippen LogP contribution < -0.4 is 53.6 Å². The maximum Gasteiger partial charge on any atom is 0.257 e. The number of halogens is 8. The molecule has 6 aliphatic rings. The highest BCUT2D eigenvalue weighted by atomic mass is 127. The van der Waals surface area contributed by atoms with Gasteiger partial charge in [-0.05, 0) is 422 Å². The minimum atomic E-state index is -0.409. The molecule has 14 aromatic rings. The Morgan fingerprint density at radius 1 is 0.419 bits per heavy atom. The maximum absolute atomic E-state index is 13.1. The SMILES string of the molecule is CC(=O)c1cn(C2CC2)c2ccc(I)cc2c1=O.CC(C)=CN(c1ccc(I)cc1)C1CC1.Ic1ccc(NC2CC2)cc1.Nc1ccc(I)cc1.O=C(NCc1ccc(Cl)cc1)c1cn(C2CC2)c2ccc(C#CCO)cc2c1=O.O=C(NCc1ccc(Cl)cc1)c1cn(C2CC2)c2ccc(CCCO)cc2c1=O.O=C(NCc1ccc(Cl)cc1)c1cn(C2CC2)c2ccc(I)cc2c1=O. The largest absolute Gasteiger partial charge is 0.399 e. The number of fused-ring (bicyclic) bond motifs is 4. The van der Waals surface area contributed by atoms with Crippen molar-refractivity contribution in [2.75, 3.05) is 29.2 Å². The van der Waals surface area contributed by atoms with Crippen LogP contribution in [-0.4, -0.2) is 77.3 Å². The second kappa shape index (κ2) is 48.2. The Morgan fingerprint density at radius 3 is 1.12 bits per heavy atom. The molecule has 3 amide bonds. The number of aliphatic hydroxyl groups excluding tert-OH is 2. The van der Waals surface area contributed by atoms with E-state index >= 15 is 0 Å². The van der Waals surface area contributed by atoms with E-state index in [4.69, 9.17) is 50.7 Å². The number of nitrogens with two attached hydrogens (primary N) is 1. The van der Waals surface area contributed by atoms with E-state index in [1.165, 1.54) is 60.3 Å². The molecule has 0 atom stereocenters. The fourth-order valence-corrected chi connectivity index (χ4v) is 17.6. The first kappa shape index (κ1) is 102. The van der Waals surface area contributed by atoms with Crippen molar-refractivity contribution in [2.24, 2.45) is 0 Å². The van der Waals surface area contributed by atoms with E-state index in [2.05, 4.69) is 233 Å². The smallest absolute Gasteiger partial charge is 0.257 e. The Kier molecular flexibility index (Phi) is 36.2. The molecule has 6 fully saturated rings. The van der Waals surface area contributed by atoms with Crippen LogP contribution in [0.15, 0.2) is 274 Å². The van der Waals surface area contributed by atoms with Crippen LogP contribution in [0.3, 0.4) is 0 Å². The number of carbonyl (C=O) groups excluding carboxylic acids is 4. The molecule has 0 saturated heterocycles. The molecular formula is C108H102Cl3I5N10O10. The molecule has 20 rings (SSSR count). The molecule has 8 N–H and O–H groups in total. The zero-order chi connectivity index (χ0) is 96.4. The van der Waals surface area contributed by atoms with Gasteiger partial charge in [0.05, 0.1) is 27.6 Å². The highest BCUT2D eigenvalue weighted by molar-refractivity contribution is 14.1. The maximum atomic E-state index is 13.1. The van der Waals surface area contributed by atoms with Crippen LogP contribution in [0.4, 0.5) is 17.1 Å². The topological polar surface area (TPSA) is 274 Å². The van der Waals surface area contributed by atoms with Gasteiger partial charge in [0.1, 0.15) is 23.3 Å². The van der Waals surface area contributed by atoms with Crippen molar-refractivity contribution in [1.29, 1.82) is 0 Å². The lowest BCUT2D eigenvalue weighted by molar-refractivity contribution is 0.0941. The van der Waals surface area contributed by atoms with Crippen LogP contribution >= 0.6 is 148 Å². The Hall–Kier alpha value is -9.74. The number of nitrogens with one attached hydrogen (secondary N) is 4. The lowest BCUT2D eigenvalue weighted by Gasteiger charge is -2.21. The number of nitrogens with zero attached hydrogens (tertiary/aromatic N) is 5. The predicted octanol–water partition coefficient (Wildman–Crippen LogP) is 23.7. The van der Waals surface area contributed by atoms with Gasteiger partial charge in [-0.25, -0.2) is 0 Å². The van der Waals surface area contributed by atoms with Gasteiger partial charge < -0.3 is 60.4 Å². The molecule has 20 nitrogen and oxygen atoms in total. The lowest BCUT2D eigenvalue weighted by atomic mass is 10.0. The van der Waals surface area contributed by atoms with E-state index in [0.29, 0.717) is 104 Å². The minimum Gasteiger partial charge on any atom is -0.399 e. The van der Waals surface area contributed by atoms with Gasteiger partial charge >= 0.3 is 0 Å². The number of ketones is 1. The first-order valence-electron chi connectivity index (χ1n) is 45.1. The Morgan fingerprint density at radius 2 is 0.765 bits per heavy atom. The van der Waals surface area contributed by atoms with E-state index in [1.54, 1.807) is 67.3 Å². The van der Waals surface area contributed by atoms with Gasteiger partial charge in [0.25, 0.3) is 17.7 Å². The van der Waals surface area contributed by atoms with Gasteiger partial charge in [0.2, 0.25) is 16.3 Å². The number of amides is 3. The number of Topliss-reactive ketones (excluding diaryl/α,β-unsaturated/α-hetero) is 1. The Bertz CT molecular complexity index is 7040. The van der Waals surface area contributed by atoms with E-state index in [-0.39, 0.29) is 69.2 Å². The average Bonchev–Trinajstić information content (AvgIpc) is 1.72. The third-order valence-corrected chi connectivity index (χ3v) is 27.4. The summed E-state index contributed by atoms with van der Waals surface area (Å²) >= 11 is 28.9. The van der Waals surface area contributed by atoms with Crippen molar-refractivity contribution in [3.8, 4) is 11.8 Å². The molecule has 6 aliphatic carbocycles. The van der Waals surface area contributed by atoms with Gasteiger partial charge in [0, 0.05) is 171 Å². The number of hydrogen-bond acceptors (Lipinski definition) is 13. The van der Waals surface area contributed by atoms with E-state index in [0.717, 1.165) is 121 Å². The van der Waals surface area contributed by atoms with Gasteiger partial charge in [-0.1, -0.05) is 94.7 Å². The molecular weight excluding hydrogens is 2340 g/mol. The van der Waals surface area contributed by atoms with Crippen molar-refractivity contribution in [1.82, 2.24) is 34.2 Å². The molecule has 136 heavy (non-hydrogen) atoms. The first-order chi connectivity index (χ1) is 65.5. The summed E-state index contributed by atoms with van der Waals surface area (Å²) < 4.78 is 14.0. The molecule has 4 aromatic heterocycles. The van der Waals surface area contributed by atoms with Crippen LogP contribution in [0.25, 0.3) is 43.6 Å². The highest BCUT2D eigenvalue weighted by Crippen LogP contribution is 2.41. The standard InChI is InChI=1S/C23H23ClN2O3.C23H19ClN2O3.C20H16ClIN2O2.C14H12INO2.C13H16IN.C9H10IN.C6H6IN/c2*24-17-6-3-16(4-7-17)13-25-23(29)20-14-26(18-8-9-18)21-10-5-15(2-1-11-27)12-19(21)22(20)28;21-13-3-1-12(2-4-13)10-23-20(26)17-11-24(15-6-7-15)18-8-5-14(22)9-16(18)19(17)25;1-8(17)12-7-16(10-3-4-10)13-5-2-9(15)6-11(13)14(12)18;1-10(2)9-15(13-7-8-13)12-5-3-11(14)4-6-12;10-7-1-3-8(4-2-7)11-9-5-6-9;7-5-1-3-6(8)4-2-5/h3-7,10,12,14,18,27H,1-2,8-9,11,13H2,(H,25,29);3-7,10,12,14,18,27H,8-9,11,13H2,(H,25,29);1-5,8-9,11,15H,6-7,10H2,(H,23,26);2,5-7,10H,3-4H2,1H3;3-6,9,13H,7-8H2,1-2H3;1-4,9,11H,5-6H2;1-4H,8H2. The molecule has 700 valence electrons. The Balaban J connectivity index is 0.000000131. The van der Waals surface area contributed by atoms with E-state index in [1.807, 2.05) is 132 Å². The summed E-state index contributed by atoms with van der Waals surface area (Å²) in [6.07, 6.45) is 24.3. The molecule has 28 heteroatoms. The zero-order valence-electron chi connectivity index (χ0n) is 75.1. The predicted molar refractivity (Wildman–Crippen MR) is 592 cm³/mol. The molecule has 4 heterocycles. The van der Waals surface area contributed by atoms with E-state index in [9.17, 15) is 38.4 Å². The summed E-state index contributed by atoms with van der Waals surface area (Å²) in [5.74, 6) is 4.12. The van der Waals surface area contributed by atoms with Crippen molar-refractivity contribution < 1.29 is 29.4 Å². The summed E-state index contributed by atoms with van der Waals surface area (Å²) in [6.45, 7) is 6.60. The molecule has 0 unspecified atom stereocenters. The van der Waals surface area contributed by atoms with Gasteiger partial charge in [-0.2, -0.15) is 0 Å². The quantitative estimate of drug-likeness (QED) is 0.0144. The number of carbonyl (C=O) groups is 4. The van der Waals surface area contributed by atoms with Crippen molar-refractivity contribution in [2.45, 2.75) is 167 Å². The molecule has 0 spiro atoms. The number of aromatic nitrogens is 4. The summed E-state index contributed by atoms with van der Waals surface area (Å²) in [4.78, 5) is 104. The number of anilines is 3. The summed E-state index contributed by atoms with van der Waals surface area (Å²) in [7, 11) is 0. The van der Waals surface area contributed by atoms with Crippen LogP contribution in [-0.2, 0) is 26.1 Å². The second-order valence-electron chi connectivity index (χ2n) is 34.5. The number of allylic oxidation sites excluding steroid dienone is 1. The minimum absolute atomic E-state index is 0.109. The second-order valence-corrected chi connectivity index (χ2v) is 42.1. The van der Waals surface area contributed by atoms with Gasteiger partial charge in [-0.15, -0.1) is 0 Å². The number of pyridine rings is 4. The van der Waals surface area contributed by atoms with Crippen molar-refractivity contribution in [3.63, 3.8) is 0 Å². The van der Waals surface area contributed by atoms with Crippen LogP contribution in [0.2, 0.25) is 15.1 Å². The van der Waals surface area contributed by atoms with Crippen molar-refractivity contribution >= 4 is 232 Å². The average molecular weight is 2440 g/mol. The van der Waals surface area contributed by atoms with Gasteiger partial charge in [0.15, 0.2) is 11.2 Å². The van der Waals surface area contributed by atoms with Crippen LogP contribution in [0, 0.1) is 29.7 Å². The van der Waals surface area contributed by atoms with Crippen molar-refractivity contribution in [3.05, 3.63) is 379 Å². The van der Waals surface area contributed by atoms with E-state index < -0.39 is 5.91 Å². The third-order valence-electron chi connectivity index (χ3n) is 23.2. The Labute approximate surface area is 872 Å². The van der Waals surface area contributed by atoms with Crippen LogP contribution in [0.1, 0.15) is 198 Å². The number of rotatable bonds is 22. The molecule has 0 aliphatic heterocycles. The normalized spacial score (nSPS) is 13.8. The highest BCUT2D eigenvalue weighted by Gasteiger charge is 2.32. The molecule has 6 saturated carbocycles. The number of aliphatic hydroxyl groups is 2. The van der Waals surface area contributed by atoms with Crippen LogP contribution in [0.5, 0.6) is 0 Å². The molecule has 0 radical (unpaired) electrons. The molecule has 10 aromatic carbocycles. The number of nitrogen functional groups attached to an aromatic ring is 1. The third kappa shape index (κ3) is 29.0. The zero-order valence-corrected chi connectivity index (χ0v) is 88.1. The number of hydrogen-bond donors (Lipinski definition) is 7. The summed E-state index contributed by atoms with van der Waals surface area (Å²) in [5, 5.41) is 34.1. The van der Waals surface area contributed by atoms with Gasteiger partial charge in [-0.3, -0.25) is 38.4 Å². The lowest BCUT2D eigenvalue weighted by Crippen LogP contribution is -2.29. The fraction of sp³-hybridized carbons (Fsp3) is 0.259. The monoisotopic (exact) mass is 2440 g/mol. The summed E-state index contributed by atoms with van der Waals surface area (Å²) in [6, 6.07) is 72.5. The first-order valence-corrected chi connectivity index (χ1v) is 51.6.